The first-order valence-electron chi connectivity index (χ1n) is 9.71. The molecule has 2 rings (SSSR count). The molecule has 0 aliphatic rings. The zero-order valence-electron chi connectivity index (χ0n) is 16.6. The molecule has 1 aromatic carbocycles. The number of H-pyrrole nitrogens is 1. The zero-order chi connectivity index (χ0) is 21.6. The van der Waals surface area contributed by atoms with Crippen molar-refractivity contribution in [2.75, 3.05) is 17.2 Å². The second kappa shape index (κ2) is 10.5. The molecule has 29 heavy (non-hydrogen) atoms. The Bertz CT molecular complexity index is 985. The van der Waals surface area contributed by atoms with Gasteiger partial charge in [0.15, 0.2) is 5.69 Å². The van der Waals surface area contributed by atoms with Crippen LogP contribution < -0.4 is 21.9 Å². The number of halogens is 2. The number of nitrogens with two attached hydrogens (primary N) is 1. The summed E-state index contributed by atoms with van der Waals surface area (Å²) in [6.07, 6.45) is 4.01. The fraction of sp³-hybridized carbons (Fsp3) is 0.450. The van der Waals surface area contributed by atoms with Gasteiger partial charge in [-0.3, -0.25) is 19.1 Å². The number of aromatic nitrogens is 2. The summed E-state index contributed by atoms with van der Waals surface area (Å²) >= 11 is 12.3. The van der Waals surface area contributed by atoms with Crippen LogP contribution in [0.5, 0.6) is 0 Å². The van der Waals surface area contributed by atoms with Gasteiger partial charge in [-0.05, 0) is 25.0 Å². The number of nitrogens with zero attached hydrogens (tertiary/aromatic N) is 2. The average molecular weight is 441 g/mol. The van der Waals surface area contributed by atoms with Crippen LogP contribution in [0, 0.1) is 0 Å². The van der Waals surface area contributed by atoms with E-state index in [4.69, 9.17) is 28.9 Å². The van der Waals surface area contributed by atoms with Gasteiger partial charge in [-0.2, -0.15) is 0 Å². The van der Waals surface area contributed by atoms with E-state index in [1.165, 1.54) is 9.47 Å². The number of hydrogen-bond donors (Lipinski definition) is 2. The Balaban J connectivity index is 2.61. The highest BCUT2D eigenvalue weighted by atomic mass is 35.5. The number of benzene rings is 1. The van der Waals surface area contributed by atoms with Crippen molar-refractivity contribution >= 4 is 40.6 Å². The van der Waals surface area contributed by atoms with E-state index in [2.05, 4.69) is 4.98 Å². The van der Waals surface area contributed by atoms with Crippen LogP contribution in [0.2, 0.25) is 10.0 Å². The first-order valence-corrected chi connectivity index (χ1v) is 10.5. The molecule has 2 aromatic rings. The second-order valence-electron chi connectivity index (χ2n) is 6.76. The molecule has 7 nitrogen and oxygen atoms in total. The SMILES string of the molecule is CCCCCN(C(=O)c1cccc(Cl)c1Cl)c1c(N)n(CCCC)c(=O)[nH]c1=O. The van der Waals surface area contributed by atoms with Crippen molar-refractivity contribution in [3.8, 4) is 0 Å². The van der Waals surface area contributed by atoms with Crippen LogP contribution in [0.15, 0.2) is 27.8 Å². The molecule has 0 unspecified atom stereocenters. The molecule has 0 atom stereocenters. The van der Waals surface area contributed by atoms with Crippen LogP contribution in [0.25, 0.3) is 0 Å². The molecular formula is C20H26Cl2N4O3. The van der Waals surface area contributed by atoms with Crippen LogP contribution in [-0.4, -0.2) is 22.0 Å². The van der Waals surface area contributed by atoms with Crippen LogP contribution in [0.4, 0.5) is 11.5 Å². The molecule has 0 aliphatic heterocycles. The van der Waals surface area contributed by atoms with E-state index < -0.39 is 17.2 Å². The van der Waals surface area contributed by atoms with Gasteiger partial charge >= 0.3 is 5.69 Å². The van der Waals surface area contributed by atoms with Crippen molar-refractivity contribution < 1.29 is 4.79 Å². The number of unbranched alkanes of at least 4 members (excludes halogenated alkanes) is 3. The molecule has 0 saturated heterocycles. The lowest BCUT2D eigenvalue weighted by Crippen LogP contribution is -2.41. The third-order valence-electron chi connectivity index (χ3n) is 4.63. The topological polar surface area (TPSA) is 101 Å². The molecule has 0 fully saturated rings. The van der Waals surface area contributed by atoms with Crippen LogP contribution >= 0.6 is 23.2 Å². The number of rotatable bonds is 9. The summed E-state index contributed by atoms with van der Waals surface area (Å²) in [4.78, 5) is 41.8. The van der Waals surface area contributed by atoms with Crippen molar-refractivity contribution in [3.63, 3.8) is 0 Å². The Morgan fingerprint density at radius 2 is 1.83 bits per heavy atom. The van der Waals surface area contributed by atoms with Gasteiger partial charge in [0.05, 0.1) is 15.6 Å². The number of nitrogens with one attached hydrogen (secondary N) is 1. The van der Waals surface area contributed by atoms with Crippen LogP contribution in [-0.2, 0) is 6.54 Å². The predicted molar refractivity (Wildman–Crippen MR) is 118 cm³/mol. The predicted octanol–water partition coefficient (Wildman–Crippen LogP) is 4.06. The summed E-state index contributed by atoms with van der Waals surface area (Å²) in [6.45, 7) is 4.62. The van der Waals surface area contributed by atoms with Gasteiger partial charge in [0.2, 0.25) is 0 Å². The van der Waals surface area contributed by atoms with Gasteiger partial charge < -0.3 is 10.6 Å². The fourth-order valence-electron chi connectivity index (χ4n) is 3.03. The molecular weight excluding hydrogens is 415 g/mol. The number of aromatic amines is 1. The van der Waals surface area contributed by atoms with Gasteiger partial charge in [-0.15, -0.1) is 0 Å². The van der Waals surface area contributed by atoms with E-state index in [0.717, 1.165) is 19.3 Å². The van der Waals surface area contributed by atoms with Crippen molar-refractivity contribution in [2.24, 2.45) is 0 Å². The molecule has 0 bridgehead atoms. The average Bonchev–Trinajstić information content (AvgIpc) is 2.68. The summed E-state index contributed by atoms with van der Waals surface area (Å²) in [5.74, 6) is -0.526. The lowest BCUT2D eigenvalue weighted by molar-refractivity contribution is 0.0986. The van der Waals surface area contributed by atoms with E-state index in [-0.39, 0.29) is 33.7 Å². The smallest absolute Gasteiger partial charge is 0.330 e. The lowest BCUT2D eigenvalue weighted by Gasteiger charge is -2.25. The zero-order valence-corrected chi connectivity index (χ0v) is 18.1. The van der Waals surface area contributed by atoms with Crippen LogP contribution in [0.3, 0.4) is 0 Å². The van der Waals surface area contributed by atoms with Crippen molar-refractivity contribution in [1.29, 1.82) is 0 Å². The molecule has 9 heteroatoms. The molecule has 0 spiro atoms. The molecule has 1 heterocycles. The van der Waals surface area contributed by atoms with E-state index in [1.54, 1.807) is 18.2 Å². The van der Waals surface area contributed by atoms with Gasteiger partial charge in [0.1, 0.15) is 5.82 Å². The summed E-state index contributed by atoms with van der Waals surface area (Å²) in [5.41, 5.74) is 5.03. The highest BCUT2D eigenvalue weighted by Gasteiger charge is 2.26. The fourth-order valence-corrected chi connectivity index (χ4v) is 3.41. The van der Waals surface area contributed by atoms with Crippen molar-refractivity contribution in [1.82, 2.24) is 9.55 Å². The minimum Gasteiger partial charge on any atom is -0.383 e. The standard InChI is InChI=1S/C20H26Cl2N4O3/c1-3-5-7-12-25(19(28)13-9-8-10-14(21)15(13)22)16-17(23)26(11-6-4-2)20(29)24-18(16)27/h8-10H,3-7,11-12,23H2,1-2H3,(H,24,27,29). The Labute approximate surface area is 179 Å². The molecule has 1 amide bonds. The highest BCUT2D eigenvalue weighted by Crippen LogP contribution is 2.28. The molecule has 3 N–H and O–H groups in total. The summed E-state index contributed by atoms with van der Waals surface area (Å²) in [6, 6.07) is 4.73. The van der Waals surface area contributed by atoms with E-state index in [1.807, 2.05) is 13.8 Å². The number of nitrogen functional groups attached to an aromatic ring is 1. The number of carbonyl (C=O) groups excluding carboxylic acids is 1. The molecule has 0 aliphatic carbocycles. The van der Waals surface area contributed by atoms with E-state index >= 15 is 0 Å². The number of carbonyl (C=O) groups is 1. The first kappa shape index (κ1) is 23.0. The molecule has 1 aromatic heterocycles. The van der Waals surface area contributed by atoms with Gasteiger partial charge in [-0.25, -0.2) is 4.79 Å². The van der Waals surface area contributed by atoms with Crippen LogP contribution in [0.1, 0.15) is 56.3 Å². The second-order valence-corrected chi connectivity index (χ2v) is 7.55. The van der Waals surface area contributed by atoms with Crippen molar-refractivity contribution in [3.05, 3.63) is 54.6 Å². The maximum atomic E-state index is 13.3. The number of amides is 1. The minimum atomic E-state index is -0.705. The van der Waals surface area contributed by atoms with Gasteiger partial charge in [0.25, 0.3) is 11.5 Å². The van der Waals surface area contributed by atoms with Gasteiger partial charge in [-0.1, -0.05) is 62.4 Å². The molecule has 0 saturated carbocycles. The summed E-state index contributed by atoms with van der Waals surface area (Å²) in [5, 5.41) is 0.342. The maximum absolute atomic E-state index is 13.3. The van der Waals surface area contributed by atoms with E-state index in [0.29, 0.717) is 19.4 Å². The molecule has 0 radical (unpaired) electrons. The lowest BCUT2D eigenvalue weighted by atomic mass is 10.1. The Morgan fingerprint density at radius 3 is 2.48 bits per heavy atom. The molecule has 158 valence electrons. The van der Waals surface area contributed by atoms with Crippen molar-refractivity contribution in [2.45, 2.75) is 52.5 Å². The number of anilines is 2. The third kappa shape index (κ3) is 5.22. The third-order valence-corrected chi connectivity index (χ3v) is 5.45. The summed E-state index contributed by atoms with van der Waals surface area (Å²) in [7, 11) is 0. The quantitative estimate of drug-likeness (QED) is 0.573. The normalized spacial score (nSPS) is 10.9. The number of hydrogen-bond acceptors (Lipinski definition) is 4. The van der Waals surface area contributed by atoms with Gasteiger partial charge in [0, 0.05) is 13.1 Å². The largest absolute Gasteiger partial charge is 0.383 e. The monoisotopic (exact) mass is 440 g/mol. The highest BCUT2D eigenvalue weighted by molar-refractivity contribution is 6.44. The first-order chi connectivity index (χ1) is 13.8. The minimum absolute atomic E-state index is 0.0322. The maximum Gasteiger partial charge on any atom is 0.330 e. The Hall–Kier alpha value is -2.25. The Kier molecular flexibility index (Phi) is 8.34. The Morgan fingerprint density at radius 1 is 1.14 bits per heavy atom. The van der Waals surface area contributed by atoms with E-state index in [9.17, 15) is 14.4 Å². The summed E-state index contributed by atoms with van der Waals surface area (Å²) < 4.78 is 1.29.